The zero-order valence-corrected chi connectivity index (χ0v) is 13.5. The average Bonchev–Trinajstić information content (AvgIpc) is 2.38. The number of piperidine rings is 1. The van der Waals surface area contributed by atoms with E-state index in [1.54, 1.807) is 4.90 Å². The van der Waals surface area contributed by atoms with Gasteiger partial charge in [-0.05, 0) is 46.7 Å². The molecule has 21 heavy (non-hydrogen) atoms. The quantitative estimate of drug-likeness (QED) is 0.784. The Balaban J connectivity index is 2.38. The lowest BCUT2D eigenvalue weighted by atomic mass is 10.1. The molecule has 0 aromatic heterocycles. The van der Waals surface area contributed by atoms with Crippen LogP contribution in [0.3, 0.4) is 0 Å². The fraction of sp³-hybridized carbons (Fsp3) is 0.867. The number of nitrogens with one attached hydrogen (secondary N) is 1. The molecule has 0 saturated carbocycles. The van der Waals surface area contributed by atoms with Gasteiger partial charge in [-0.25, -0.2) is 4.79 Å². The number of aliphatic carboxylic acids is 1. The number of carbonyl (C=O) groups is 2. The van der Waals surface area contributed by atoms with Crippen LogP contribution in [0.1, 0.15) is 46.5 Å². The van der Waals surface area contributed by atoms with Crippen LogP contribution < -0.4 is 5.32 Å². The Morgan fingerprint density at radius 1 is 1.19 bits per heavy atom. The van der Waals surface area contributed by atoms with Gasteiger partial charge in [-0.15, -0.1) is 0 Å². The average molecular weight is 299 g/mol. The van der Waals surface area contributed by atoms with Crippen molar-refractivity contribution in [3.63, 3.8) is 0 Å². The van der Waals surface area contributed by atoms with Gasteiger partial charge in [0.25, 0.3) is 0 Å². The third kappa shape index (κ3) is 6.80. The smallest absolute Gasteiger partial charge is 0.317 e. The normalized spacial score (nSPS) is 16.5. The number of likely N-dealkylation sites (tertiary alicyclic amines) is 1. The van der Waals surface area contributed by atoms with E-state index < -0.39 is 5.97 Å². The summed E-state index contributed by atoms with van der Waals surface area (Å²) in [7, 11) is 0. The van der Waals surface area contributed by atoms with Crippen LogP contribution in [-0.2, 0) is 4.79 Å². The number of rotatable bonds is 6. The summed E-state index contributed by atoms with van der Waals surface area (Å²) in [5.74, 6) is -0.884. The first-order valence-corrected chi connectivity index (χ1v) is 7.80. The summed E-state index contributed by atoms with van der Waals surface area (Å²) in [6.45, 7) is 9.67. The Kier molecular flexibility index (Phi) is 6.95. The van der Waals surface area contributed by atoms with E-state index >= 15 is 0 Å². The van der Waals surface area contributed by atoms with E-state index in [1.807, 2.05) is 20.8 Å². The SMILES string of the molecule is CC(C)(C)N(CCC(=O)O)C(=O)NCCN1CCCCC1. The molecule has 0 unspecified atom stereocenters. The predicted molar refractivity (Wildman–Crippen MR) is 82.4 cm³/mol. The third-order valence-corrected chi connectivity index (χ3v) is 3.76. The van der Waals surface area contributed by atoms with Gasteiger partial charge in [0.15, 0.2) is 0 Å². The molecular weight excluding hydrogens is 270 g/mol. The fourth-order valence-corrected chi connectivity index (χ4v) is 2.55. The van der Waals surface area contributed by atoms with Gasteiger partial charge in [-0.3, -0.25) is 4.79 Å². The number of hydrogen-bond acceptors (Lipinski definition) is 3. The second-order valence-corrected chi connectivity index (χ2v) is 6.60. The first-order chi connectivity index (χ1) is 9.80. The Labute approximate surface area is 127 Å². The van der Waals surface area contributed by atoms with Crippen molar-refractivity contribution in [3.8, 4) is 0 Å². The Morgan fingerprint density at radius 2 is 1.81 bits per heavy atom. The maximum Gasteiger partial charge on any atom is 0.317 e. The lowest BCUT2D eigenvalue weighted by Gasteiger charge is -2.35. The van der Waals surface area contributed by atoms with Crippen molar-refractivity contribution in [2.75, 3.05) is 32.7 Å². The van der Waals surface area contributed by atoms with Gasteiger partial charge in [-0.2, -0.15) is 0 Å². The second kappa shape index (κ2) is 8.22. The first kappa shape index (κ1) is 17.8. The standard InChI is InChI=1S/C15H29N3O3/c1-15(2,3)18(11-7-13(19)20)14(21)16-8-12-17-9-5-4-6-10-17/h4-12H2,1-3H3,(H,16,21)(H,19,20). The van der Waals surface area contributed by atoms with Crippen LogP contribution in [0.2, 0.25) is 0 Å². The van der Waals surface area contributed by atoms with Crippen molar-refractivity contribution in [1.29, 1.82) is 0 Å². The number of carboxylic acids is 1. The molecule has 0 aromatic carbocycles. The van der Waals surface area contributed by atoms with Crippen molar-refractivity contribution in [2.45, 2.75) is 52.0 Å². The molecule has 2 amide bonds. The number of urea groups is 1. The highest BCUT2D eigenvalue weighted by atomic mass is 16.4. The van der Waals surface area contributed by atoms with E-state index in [1.165, 1.54) is 19.3 Å². The molecule has 0 spiro atoms. The molecule has 1 aliphatic rings. The molecule has 0 aromatic rings. The van der Waals surface area contributed by atoms with Crippen molar-refractivity contribution >= 4 is 12.0 Å². The number of carboxylic acid groups (broad SMARTS) is 1. The lowest BCUT2D eigenvalue weighted by Crippen LogP contribution is -2.52. The van der Waals surface area contributed by atoms with E-state index in [4.69, 9.17) is 5.11 Å². The molecule has 6 heteroatoms. The number of amides is 2. The Hall–Kier alpha value is -1.30. The maximum absolute atomic E-state index is 12.2. The van der Waals surface area contributed by atoms with E-state index in [9.17, 15) is 9.59 Å². The zero-order valence-electron chi connectivity index (χ0n) is 13.5. The third-order valence-electron chi connectivity index (χ3n) is 3.76. The molecule has 1 rings (SSSR count). The molecule has 1 heterocycles. The topological polar surface area (TPSA) is 72.9 Å². The largest absolute Gasteiger partial charge is 0.481 e. The number of carbonyl (C=O) groups excluding carboxylic acids is 1. The van der Waals surface area contributed by atoms with Gasteiger partial charge in [0.05, 0.1) is 6.42 Å². The van der Waals surface area contributed by atoms with Crippen LogP contribution in [0.4, 0.5) is 4.79 Å². The van der Waals surface area contributed by atoms with Gasteiger partial charge in [0, 0.05) is 25.2 Å². The van der Waals surface area contributed by atoms with Crippen LogP contribution in [-0.4, -0.2) is 65.2 Å². The monoisotopic (exact) mass is 299 g/mol. The summed E-state index contributed by atoms with van der Waals surface area (Å²) in [5.41, 5.74) is -0.384. The summed E-state index contributed by atoms with van der Waals surface area (Å²) in [5, 5.41) is 11.7. The van der Waals surface area contributed by atoms with Gasteiger partial charge in [0.2, 0.25) is 0 Å². The van der Waals surface area contributed by atoms with Crippen LogP contribution in [0.15, 0.2) is 0 Å². The molecule has 1 fully saturated rings. The molecule has 1 saturated heterocycles. The van der Waals surface area contributed by atoms with Gasteiger partial charge >= 0.3 is 12.0 Å². The second-order valence-electron chi connectivity index (χ2n) is 6.60. The van der Waals surface area contributed by atoms with Gasteiger partial charge in [-0.1, -0.05) is 6.42 Å². The van der Waals surface area contributed by atoms with Crippen LogP contribution >= 0.6 is 0 Å². The minimum absolute atomic E-state index is 0.0309. The highest BCUT2D eigenvalue weighted by Crippen LogP contribution is 2.14. The molecule has 0 radical (unpaired) electrons. The zero-order chi connectivity index (χ0) is 15.9. The number of nitrogens with zero attached hydrogens (tertiary/aromatic N) is 2. The van der Waals surface area contributed by atoms with Crippen molar-refractivity contribution in [2.24, 2.45) is 0 Å². The van der Waals surface area contributed by atoms with E-state index in [0.717, 1.165) is 19.6 Å². The molecule has 0 bridgehead atoms. The summed E-state index contributed by atoms with van der Waals surface area (Å²) >= 11 is 0. The molecule has 6 nitrogen and oxygen atoms in total. The molecule has 0 aliphatic carbocycles. The van der Waals surface area contributed by atoms with Crippen LogP contribution in [0, 0.1) is 0 Å². The van der Waals surface area contributed by atoms with Crippen LogP contribution in [0.25, 0.3) is 0 Å². The molecule has 0 atom stereocenters. The highest BCUT2D eigenvalue weighted by Gasteiger charge is 2.26. The summed E-state index contributed by atoms with van der Waals surface area (Å²) in [6.07, 6.45) is 3.74. The fourth-order valence-electron chi connectivity index (χ4n) is 2.55. The van der Waals surface area contributed by atoms with Crippen molar-refractivity contribution in [3.05, 3.63) is 0 Å². The highest BCUT2D eigenvalue weighted by molar-refractivity contribution is 5.76. The van der Waals surface area contributed by atoms with Gasteiger partial charge < -0.3 is 20.2 Å². The summed E-state index contributed by atoms with van der Waals surface area (Å²) in [6, 6.07) is -0.180. The summed E-state index contributed by atoms with van der Waals surface area (Å²) < 4.78 is 0. The Morgan fingerprint density at radius 3 is 2.33 bits per heavy atom. The van der Waals surface area contributed by atoms with Gasteiger partial charge in [0.1, 0.15) is 0 Å². The van der Waals surface area contributed by atoms with E-state index in [0.29, 0.717) is 6.54 Å². The first-order valence-electron chi connectivity index (χ1n) is 7.80. The molecular formula is C15H29N3O3. The maximum atomic E-state index is 12.2. The lowest BCUT2D eigenvalue weighted by molar-refractivity contribution is -0.137. The molecule has 1 aliphatic heterocycles. The van der Waals surface area contributed by atoms with Crippen molar-refractivity contribution < 1.29 is 14.7 Å². The Bertz CT molecular complexity index is 347. The molecule has 2 N–H and O–H groups in total. The van der Waals surface area contributed by atoms with Crippen LogP contribution in [0.5, 0.6) is 0 Å². The van der Waals surface area contributed by atoms with E-state index in [2.05, 4.69) is 10.2 Å². The van der Waals surface area contributed by atoms with Crippen molar-refractivity contribution in [1.82, 2.24) is 15.1 Å². The minimum atomic E-state index is -0.884. The number of hydrogen-bond donors (Lipinski definition) is 2. The predicted octanol–water partition coefficient (Wildman–Crippen LogP) is 1.76. The summed E-state index contributed by atoms with van der Waals surface area (Å²) in [4.78, 5) is 26.9. The molecule has 122 valence electrons. The van der Waals surface area contributed by atoms with E-state index in [-0.39, 0.29) is 24.5 Å². The minimum Gasteiger partial charge on any atom is -0.481 e.